The van der Waals surface area contributed by atoms with Crippen molar-refractivity contribution in [3.8, 4) is 11.5 Å². The summed E-state index contributed by atoms with van der Waals surface area (Å²) in [7, 11) is -3.26. The highest BCUT2D eigenvalue weighted by Gasteiger charge is 2.12. The molecule has 0 aliphatic heterocycles. The molecule has 0 aliphatic carbocycles. The third kappa shape index (κ3) is 3.80. The van der Waals surface area contributed by atoms with Crippen LogP contribution in [0, 0.1) is 5.82 Å². The summed E-state index contributed by atoms with van der Waals surface area (Å²) in [6.07, 6.45) is 0.236. The molecule has 0 aliphatic rings. The zero-order valence-electron chi connectivity index (χ0n) is 11.6. The summed E-state index contributed by atoms with van der Waals surface area (Å²) in [5, 5.41) is 9.63. The predicted octanol–water partition coefficient (Wildman–Crippen LogP) is 3.07. The van der Waals surface area contributed by atoms with E-state index in [0.717, 1.165) is 6.26 Å². The summed E-state index contributed by atoms with van der Waals surface area (Å²) >= 11 is 0. The largest absolute Gasteiger partial charge is 0.457 e. The Bertz CT molecular complexity index is 737. The number of rotatable bonds is 4. The SMILES string of the molecule is C[C@H](O)c1cc(F)ccc1Oc1ccc(S(C)(=O)=O)cc1. The Labute approximate surface area is 122 Å². The maximum absolute atomic E-state index is 13.2. The molecule has 0 heterocycles. The molecule has 6 heteroatoms. The predicted molar refractivity (Wildman–Crippen MR) is 76.7 cm³/mol. The van der Waals surface area contributed by atoms with E-state index in [0.29, 0.717) is 17.1 Å². The van der Waals surface area contributed by atoms with Crippen molar-refractivity contribution in [2.24, 2.45) is 0 Å². The molecule has 0 spiro atoms. The highest BCUT2D eigenvalue weighted by Crippen LogP contribution is 2.30. The van der Waals surface area contributed by atoms with Crippen molar-refractivity contribution < 1.29 is 22.7 Å². The minimum atomic E-state index is -3.26. The van der Waals surface area contributed by atoms with Crippen LogP contribution in [0.4, 0.5) is 4.39 Å². The minimum absolute atomic E-state index is 0.185. The summed E-state index contributed by atoms with van der Waals surface area (Å²) in [6, 6.07) is 9.71. The summed E-state index contributed by atoms with van der Waals surface area (Å²) in [6.45, 7) is 1.51. The van der Waals surface area contributed by atoms with Gasteiger partial charge in [-0.15, -0.1) is 0 Å². The summed E-state index contributed by atoms with van der Waals surface area (Å²) in [5.41, 5.74) is 0.321. The lowest BCUT2D eigenvalue weighted by molar-refractivity contribution is 0.195. The molecule has 2 aromatic carbocycles. The highest BCUT2D eigenvalue weighted by atomic mass is 32.2. The van der Waals surface area contributed by atoms with E-state index in [-0.39, 0.29) is 4.90 Å². The molecule has 0 saturated heterocycles. The van der Waals surface area contributed by atoms with Crippen LogP contribution in [0.2, 0.25) is 0 Å². The number of benzene rings is 2. The van der Waals surface area contributed by atoms with Crippen molar-refractivity contribution >= 4 is 9.84 Å². The minimum Gasteiger partial charge on any atom is -0.457 e. The molecule has 0 fully saturated rings. The lowest BCUT2D eigenvalue weighted by Crippen LogP contribution is -1.98. The Balaban J connectivity index is 2.30. The quantitative estimate of drug-likeness (QED) is 0.942. The van der Waals surface area contributed by atoms with E-state index in [1.807, 2.05) is 0 Å². The first kappa shape index (κ1) is 15.5. The molecule has 1 atom stereocenters. The Kier molecular flexibility index (Phi) is 4.29. The highest BCUT2D eigenvalue weighted by molar-refractivity contribution is 7.90. The lowest BCUT2D eigenvalue weighted by Gasteiger charge is -2.13. The van der Waals surface area contributed by atoms with Gasteiger partial charge in [-0.3, -0.25) is 0 Å². The van der Waals surface area contributed by atoms with Crippen LogP contribution >= 0.6 is 0 Å². The van der Waals surface area contributed by atoms with Crippen LogP contribution in [0.1, 0.15) is 18.6 Å². The number of aliphatic hydroxyl groups is 1. The molecular weight excluding hydrogens is 295 g/mol. The molecule has 1 N–H and O–H groups in total. The van der Waals surface area contributed by atoms with Crippen molar-refractivity contribution in [2.75, 3.05) is 6.26 Å². The van der Waals surface area contributed by atoms with E-state index in [9.17, 15) is 17.9 Å². The van der Waals surface area contributed by atoms with Gasteiger partial charge in [-0.05, 0) is 49.4 Å². The first-order valence-corrected chi connectivity index (χ1v) is 8.12. The van der Waals surface area contributed by atoms with Gasteiger partial charge < -0.3 is 9.84 Å². The molecule has 0 unspecified atom stereocenters. The fourth-order valence-electron chi connectivity index (χ4n) is 1.82. The molecule has 112 valence electrons. The monoisotopic (exact) mass is 310 g/mol. The van der Waals surface area contributed by atoms with Crippen molar-refractivity contribution in [2.45, 2.75) is 17.9 Å². The normalized spacial score (nSPS) is 13.0. The number of hydrogen-bond acceptors (Lipinski definition) is 4. The van der Waals surface area contributed by atoms with Gasteiger partial charge in [-0.1, -0.05) is 0 Å². The van der Waals surface area contributed by atoms with Gasteiger partial charge in [0.2, 0.25) is 0 Å². The van der Waals surface area contributed by atoms with Crippen molar-refractivity contribution in [3.05, 3.63) is 53.8 Å². The van der Waals surface area contributed by atoms with E-state index in [1.54, 1.807) is 0 Å². The second-order valence-electron chi connectivity index (χ2n) is 4.70. The Hall–Kier alpha value is -1.92. The second kappa shape index (κ2) is 5.83. The van der Waals surface area contributed by atoms with Gasteiger partial charge in [0, 0.05) is 11.8 Å². The maximum atomic E-state index is 13.2. The zero-order valence-corrected chi connectivity index (χ0v) is 12.4. The molecule has 0 bridgehead atoms. The van der Waals surface area contributed by atoms with E-state index < -0.39 is 21.8 Å². The van der Waals surface area contributed by atoms with Gasteiger partial charge in [0.1, 0.15) is 17.3 Å². The molecule has 2 aromatic rings. The standard InChI is InChI=1S/C15H15FO4S/c1-10(17)14-9-11(16)3-8-15(14)20-12-4-6-13(7-5-12)21(2,18)19/h3-10,17H,1-2H3/t10-/m0/s1. The van der Waals surface area contributed by atoms with Crippen molar-refractivity contribution in [1.82, 2.24) is 0 Å². The van der Waals surface area contributed by atoms with E-state index in [4.69, 9.17) is 4.74 Å². The third-order valence-corrected chi connectivity index (χ3v) is 4.03. The lowest BCUT2D eigenvalue weighted by atomic mass is 10.1. The van der Waals surface area contributed by atoms with Crippen LogP contribution in [0.3, 0.4) is 0 Å². The molecule has 21 heavy (non-hydrogen) atoms. The molecule has 0 amide bonds. The molecule has 0 radical (unpaired) electrons. The number of aliphatic hydroxyl groups excluding tert-OH is 1. The third-order valence-electron chi connectivity index (χ3n) is 2.90. The van der Waals surface area contributed by atoms with Crippen LogP contribution in [0.25, 0.3) is 0 Å². The molecule has 4 nitrogen and oxygen atoms in total. The molecule has 2 rings (SSSR count). The van der Waals surface area contributed by atoms with Gasteiger partial charge in [-0.25, -0.2) is 12.8 Å². The summed E-state index contributed by atoms with van der Waals surface area (Å²) < 4.78 is 41.5. The van der Waals surface area contributed by atoms with E-state index in [2.05, 4.69) is 0 Å². The molecule has 0 saturated carbocycles. The Morgan fingerprint density at radius 2 is 1.76 bits per heavy atom. The average Bonchev–Trinajstić information content (AvgIpc) is 2.40. The summed E-state index contributed by atoms with van der Waals surface area (Å²) in [4.78, 5) is 0.185. The van der Waals surface area contributed by atoms with Gasteiger partial charge in [0.05, 0.1) is 11.0 Å². The van der Waals surface area contributed by atoms with Gasteiger partial charge in [0.15, 0.2) is 9.84 Å². The number of ether oxygens (including phenoxy) is 1. The zero-order chi connectivity index (χ0) is 15.6. The van der Waals surface area contributed by atoms with Crippen LogP contribution in [-0.2, 0) is 9.84 Å². The Morgan fingerprint density at radius 3 is 2.29 bits per heavy atom. The maximum Gasteiger partial charge on any atom is 0.175 e. The Morgan fingerprint density at radius 1 is 1.14 bits per heavy atom. The first-order chi connectivity index (χ1) is 9.77. The van der Waals surface area contributed by atoms with E-state index in [1.165, 1.54) is 49.4 Å². The number of halogens is 1. The second-order valence-corrected chi connectivity index (χ2v) is 6.72. The van der Waals surface area contributed by atoms with Crippen LogP contribution in [0.15, 0.2) is 47.4 Å². The topological polar surface area (TPSA) is 63.6 Å². The van der Waals surface area contributed by atoms with Crippen LogP contribution < -0.4 is 4.74 Å². The van der Waals surface area contributed by atoms with E-state index >= 15 is 0 Å². The number of hydrogen-bond donors (Lipinski definition) is 1. The van der Waals surface area contributed by atoms with Crippen molar-refractivity contribution in [1.29, 1.82) is 0 Å². The number of sulfone groups is 1. The smallest absolute Gasteiger partial charge is 0.175 e. The van der Waals surface area contributed by atoms with Gasteiger partial charge in [-0.2, -0.15) is 0 Å². The summed E-state index contributed by atoms with van der Waals surface area (Å²) in [5.74, 6) is 0.250. The van der Waals surface area contributed by atoms with Gasteiger partial charge >= 0.3 is 0 Å². The van der Waals surface area contributed by atoms with Gasteiger partial charge in [0.25, 0.3) is 0 Å². The molecule has 0 aromatic heterocycles. The fraction of sp³-hybridized carbons (Fsp3) is 0.200. The first-order valence-electron chi connectivity index (χ1n) is 6.23. The van der Waals surface area contributed by atoms with Crippen LogP contribution in [-0.4, -0.2) is 19.8 Å². The fourth-order valence-corrected chi connectivity index (χ4v) is 2.45. The molecular formula is C15H15FO4S. The average molecular weight is 310 g/mol. The van der Waals surface area contributed by atoms with Crippen molar-refractivity contribution in [3.63, 3.8) is 0 Å². The van der Waals surface area contributed by atoms with Crippen LogP contribution in [0.5, 0.6) is 11.5 Å².